The predicted octanol–water partition coefficient (Wildman–Crippen LogP) is 7.17. The van der Waals surface area contributed by atoms with E-state index in [2.05, 4.69) is 25.4 Å². The summed E-state index contributed by atoms with van der Waals surface area (Å²) >= 11 is 0. The number of aromatic nitrogens is 4. The van der Waals surface area contributed by atoms with Crippen LogP contribution in [0.1, 0.15) is 29.7 Å². The Labute approximate surface area is 210 Å². The fourth-order valence-electron chi connectivity index (χ4n) is 4.13. The number of benzene rings is 2. The third kappa shape index (κ3) is 5.04. The number of nitrogens with one attached hydrogen (secondary N) is 1. The van der Waals surface area contributed by atoms with E-state index in [1.54, 1.807) is 41.1 Å². The van der Waals surface area contributed by atoms with Gasteiger partial charge in [-0.3, -0.25) is 4.40 Å². The van der Waals surface area contributed by atoms with Crippen LogP contribution in [0, 0.1) is 0 Å². The fraction of sp³-hybridized carbons (Fsp3) is 0.148. The molecule has 5 aromatic rings. The minimum absolute atomic E-state index is 0.0660. The van der Waals surface area contributed by atoms with E-state index in [4.69, 9.17) is 5.53 Å². The van der Waals surface area contributed by atoms with Crippen molar-refractivity contribution in [3.05, 3.63) is 107 Å². The minimum atomic E-state index is -4.50. The van der Waals surface area contributed by atoms with Crippen molar-refractivity contribution >= 4 is 11.6 Å². The Morgan fingerprint density at radius 3 is 2.57 bits per heavy atom. The highest BCUT2D eigenvalue weighted by Crippen LogP contribution is 2.36. The monoisotopic (exact) mass is 500 g/mol. The zero-order valence-corrected chi connectivity index (χ0v) is 19.7. The lowest BCUT2D eigenvalue weighted by atomic mass is 10.0. The molecular formula is C27H21F3N7-. The van der Waals surface area contributed by atoms with Gasteiger partial charge in [-0.1, -0.05) is 42.5 Å². The van der Waals surface area contributed by atoms with Crippen molar-refractivity contribution < 1.29 is 13.2 Å². The van der Waals surface area contributed by atoms with Gasteiger partial charge < -0.3 is 16.0 Å². The molecule has 0 amide bonds. The highest BCUT2D eigenvalue weighted by molar-refractivity contribution is 5.81. The first-order valence-electron chi connectivity index (χ1n) is 11.5. The Bertz CT molecular complexity index is 1560. The molecule has 10 heteroatoms. The number of hydrogen-bond donors (Lipinski definition) is 1. The molecule has 1 N–H and O–H groups in total. The van der Waals surface area contributed by atoms with Crippen LogP contribution in [0.5, 0.6) is 0 Å². The average Bonchev–Trinajstić information content (AvgIpc) is 3.28. The van der Waals surface area contributed by atoms with Gasteiger partial charge in [0.2, 0.25) is 5.95 Å². The molecule has 37 heavy (non-hydrogen) atoms. The topological polar surface area (TPSA) is 89.8 Å². The standard InChI is InChI=1S/C27H21F3N7/c1-17(19-6-3-2-4-7-19)34-26-32-12-10-22(35-26)25-24(20-8-5-9-21(15-20)27(28,29)30)36-23-14-18(16-33-31)11-13-37(23)25/h2-15,17H,16H2,1H3,(H,32,34,35)/q-1/t17-/m0/s1. The second kappa shape index (κ2) is 9.81. The molecule has 0 aliphatic carbocycles. The zero-order valence-electron chi connectivity index (χ0n) is 19.7. The second-order valence-corrected chi connectivity index (χ2v) is 8.49. The Morgan fingerprint density at radius 2 is 1.81 bits per heavy atom. The third-order valence-corrected chi connectivity index (χ3v) is 5.95. The van der Waals surface area contributed by atoms with Crippen molar-refractivity contribution in [1.29, 1.82) is 0 Å². The van der Waals surface area contributed by atoms with E-state index in [0.29, 0.717) is 39.8 Å². The molecule has 3 aromatic heterocycles. The van der Waals surface area contributed by atoms with Crippen molar-refractivity contribution in [2.45, 2.75) is 25.7 Å². The van der Waals surface area contributed by atoms with Crippen molar-refractivity contribution in [2.24, 2.45) is 5.11 Å². The van der Waals surface area contributed by atoms with Crippen LogP contribution < -0.4 is 5.32 Å². The van der Waals surface area contributed by atoms with E-state index in [1.165, 1.54) is 6.07 Å². The van der Waals surface area contributed by atoms with Crippen molar-refractivity contribution in [3.8, 4) is 22.6 Å². The lowest BCUT2D eigenvalue weighted by Gasteiger charge is -2.15. The Kier molecular flexibility index (Phi) is 6.39. The van der Waals surface area contributed by atoms with Gasteiger partial charge in [-0.2, -0.15) is 13.2 Å². The summed E-state index contributed by atoms with van der Waals surface area (Å²) in [5.41, 5.74) is 12.1. The normalized spacial score (nSPS) is 12.4. The van der Waals surface area contributed by atoms with Crippen LogP contribution in [0.4, 0.5) is 19.1 Å². The summed E-state index contributed by atoms with van der Waals surface area (Å²) in [5.74, 6) is 0.370. The molecule has 0 unspecified atom stereocenters. The molecule has 0 spiro atoms. The SMILES string of the molecule is C[C@H](Nc1nccc(-c2c(-c3cccc(C(F)(F)F)c3)nc3cc(CN=[N-])ccn23)n1)c1ccccc1. The Balaban J connectivity index is 1.63. The van der Waals surface area contributed by atoms with Crippen LogP contribution in [0.15, 0.2) is 90.3 Å². The molecular weight excluding hydrogens is 479 g/mol. The summed E-state index contributed by atoms with van der Waals surface area (Å²) in [7, 11) is 0. The van der Waals surface area contributed by atoms with Crippen molar-refractivity contribution in [3.63, 3.8) is 0 Å². The first-order valence-corrected chi connectivity index (χ1v) is 11.5. The largest absolute Gasteiger partial charge is 0.712 e. The Hall–Kier alpha value is -4.60. The third-order valence-electron chi connectivity index (χ3n) is 5.95. The van der Waals surface area contributed by atoms with Gasteiger partial charge in [0.25, 0.3) is 0 Å². The number of fused-ring (bicyclic) bond motifs is 1. The molecule has 3 heterocycles. The number of halogens is 3. The number of nitrogens with zero attached hydrogens (tertiary/aromatic N) is 6. The van der Waals surface area contributed by atoms with E-state index in [1.807, 2.05) is 37.3 Å². The van der Waals surface area contributed by atoms with Crippen LogP contribution in [-0.4, -0.2) is 19.4 Å². The summed E-state index contributed by atoms with van der Waals surface area (Å²) in [5, 5.41) is 6.45. The van der Waals surface area contributed by atoms with Crippen molar-refractivity contribution in [1.82, 2.24) is 19.4 Å². The lowest BCUT2D eigenvalue weighted by molar-refractivity contribution is -0.137. The van der Waals surface area contributed by atoms with Gasteiger partial charge in [0.05, 0.1) is 28.7 Å². The van der Waals surface area contributed by atoms with Crippen LogP contribution in [0.25, 0.3) is 33.8 Å². The van der Waals surface area contributed by atoms with E-state index >= 15 is 0 Å². The fourth-order valence-corrected chi connectivity index (χ4v) is 4.13. The van der Waals surface area contributed by atoms with Crippen LogP contribution >= 0.6 is 0 Å². The highest BCUT2D eigenvalue weighted by atomic mass is 19.4. The van der Waals surface area contributed by atoms with Gasteiger partial charge >= 0.3 is 6.18 Å². The molecule has 186 valence electrons. The van der Waals surface area contributed by atoms with Crippen LogP contribution in [-0.2, 0) is 12.7 Å². The predicted molar refractivity (Wildman–Crippen MR) is 135 cm³/mol. The number of hydrogen-bond acceptors (Lipinski definition) is 5. The molecule has 0 aliphatic heterocycles. The molecule has 0 aliphatic rings. The summed E-state index contributed by atoms with van der Waals surface area (Å²) in [4.78, 5) is 13.7. The summed E-state index contributed by atoms with van der Waals surface area (Å²) in [6.07, 6.45) is -1.17. The number of rotatable bonds is 7. The van der Waals surface area contributed by atoms with Gasteiger partial charge in [0, 0.05) is 24.5 Å². The van der Waals surface area contributed by atoms with Gasteiger partial charge in [-0.05, 0) is 48.4 Å². The smallest absolute Gasteiger partial charge is 0.416 e. The summed E-state index contributed by atoms with van der Waals surface area (Å²) in [6.45, 7) is 2.05. The van der Waals surface area contributed by atoms with Gasteiger partial charge in [-0.15, -0.1) is 0 Å². The van der Waals surface area contributed by atoms with E-state index < -0.39 is 11.7 Å². The first kappa shape index (κ1) is 24.1. The van der Waals surface area contributed by atoms with Crippen LogP contribution in [0.2, 0.25) is 0 Å². The first-order chi connectivity index (χ1) is 17.8. The molecule has 2 aromatic carbocycles. The minimum Gasteiger partial charge on any atom is -0.712 e. The summed E-state index contributed by atoms with van der Waals surface area (Å²) in [6, 6.07) is 20.0. The van der Waals surface area contributed by atoms with Gasteiger partial charge in [0.15, 0.2) is 0 Å². The van der Waals surface area contributed by atoms with Gasteiger partial charge in [-0.25, -0.2) is 15.0 Å². The number of pyridine rings is 1. The zero-order chi connectivity index (χ0) is 26.0. The molecule has 0 saturated heterocycles. The van der Waals surface area contributed by atoms with Crippen molar-refractivity contribution in [2.75, 3.05) is 5.32 Å². The average molecular weight is 501 g/mol. The second-order valence-electron chi connectivity index (χ2n) is 8.49. The van der Waals surface area contributed by atoms with E-state index in [9.17, 15) is 13.2 Å². The number of imidazole rings is 1. The van der Waals surface area contributed by atoms with Gasteiger partial charge in [0.1, 0.15) is 5.65 Å². The molecule has 5 rings (SSSR count). The molecule has 0 radical (unpaired) electrons. The van der Waals surface area contributed by atoms with E-state index in [0.717, 1.165) is 17.7 Å². The highest BCUT2D eigenvalue weighted by Gasteiger charge is 2.31. The van der Waals surface area contributed by atoms with Crippen LogP contribution in [0.3, 0.4) is 0 Å². The molecule has 0 saturated carbocycles. The maximum Gasteiger partial charge on any atom is 0.416 e. The molecule has 1 atom stereocenters. The molecule has 7 nitrogen and oxygen atoms in total. The maximum atomic E-state index is 13.5. The maximum absolute atomic E-state index is 13.5. The Morgan fingerprint density at radius 1 is 1.00 bits per heavy atom. The quantitative estimate of drug-likeness (QED) is 0.240. The molecule has 0 fully saturated rings. The molecule has 0 bridgehead atoms. The summed E-state index contributed by atoms with van der Waals surface area (Å²) < 4.78 is 42.2. The number of alkyl halides is 3. The van der Waals surface area contributed by atoms with E-state index in [-0.39, 0.29) is 12.6 Å². The lowest BCUT2D eigenvalue weighted by Crippen LogP contribution is -2.09. The number of anilines is 1.